The van der Waals surface area contributed by atoms with Gasteiger partial charge in [0.15, 0.2) is 17.3 Å². The highest BCUT2D eigenvalue weighted by molar-refractivity contribution is 5.99. The molecule has 9 nitrogen and oxygen atoms in total. The Hall–Kier alpha value is -3.59. The van der Waals surface area contributed by atoms with Crippen LogP contribution in [0, 0.1) is 6.92 Å². The summed E-state index contributed by atoms with van der Waals surface area (Å²) >= 11 is 0. The molecule has 1 atom stereocenters. The van der Waals surface area contributed by atoms with E-state index >= 15 is 0 Å². The number of oxazole rings is 1. The normalized spacial score (nSPS) is 16.8. The molecule has 2 N–H and O–H groups in total. The largest absolute Gasteiger partial charge is 0.443 e. The summed E-state index contributed by atoms with van der Waals surface area (Å²) in [6, 6.07) is 4.22. The average molecular weight is 432 g/mol. The third kappa shape index (κ3) is 3.64. The molecule has 0 amide bonds. The summed E-state index contributed by atoms with van der Waals surface area (Å²) in [6.07, 6.45) is 10.2. The quantitative estimate of drug-likeness (QED) is 0.462. The predicted octanol–water partition coefficient (Wildman–Crippen LogP) is 3.39. The maximum absolute atomic E-state index is 13.1. The van der Waals surface area contributed by atoms with Gasteiger partial charge in [-0.3, -0.25) is 4.79 Å². The molecular formula is C23H25N7O2. The number of aryl methyl sites for hydroxylation is 1. The number of fused-ring (bicyclic) bond motifs is 1. The number of hydrogen-bond acceptors (Lipinski definition) is 8. The highest BCUT2D eigenvalue weighted by Gasteiger charge is 2.25. The fourth-order valence-corrected chi connectivity index (χ4v) is 4.35. The van der Waals surface area contributed by atoms with Crippen molar-refractivity contribution in [2.24, 2.45) is 0 Å². The van der Waals surface area contributed by atoms with Crippen molar-refractivity contribution in [2.75, 3.05) is 19.3 Å². The zero-order valence-corrected chi connectivity index (χ0v) is 18.2. The van der Waals surface area contributed by atoms with E-state index in [1.165, 1.54) is 18.9 Å². The van der Waals surface area contributed by atoms with Crippen LogP contribution in [0.25, 0.3) is 28.5 Å². The molecule has 9 heteroatoms. The van der Waals surface area contributed by atoms with Crippen LogP contribution < -0.4 is 5.73 Å². The van der Waals surface area contributed by atoms with Gasteiger partial charge in [0, 0.05) is 36.1 Å². The Balaban J connectivity index is 1.55. The van der Waals surface area contributed by atoms with Crippen molar-refractivity contribution < 1.29 is 9.21 Å². The van der Waals surface area contributed by atoms with E-state index < -0.39 is 0 Å². The summed E-state index contributed by atoms with van der Waals surface area (Å²) in [5.41, 5.74) is 9.86. The Morgan fingerprint density at radius 1 is 1.25 bits per heavy atom. The molecule has 5 rings (SSSR count). The summed E-state index contributed by atoms with van der Waals surface area (Å²) in [5.74, 6) is 0.287. The number of imidazole rings is 1. The number of ketones is 1. The van der Waals surface area contributed by atoms with Gasteiger partial charge in [0.1, 0.15) is 23.3 Å². The molecule has 4 aromatic rings. The van der Waals surface area contributed by atoms with Crippen LogP contribution in [0.15, 0.2) is 41.4 Å². The zero-order chi connectivity index (χ0) is 22.2. The van der Waals surface area contributed by atoms with Gasteiger partial charge in [-0.1, -0.05) is 0 Å². The van der Waals surface area contributed by atoms with Crippen LogP contribution in [0.2, 0.25) is 0 Å². The maximum Gasteiger partial charge on any atom is 0.247 e. The lowest BCUT2D eigenvalue weighted by atomic mass is 10.0. The second-order valence-corrected chi connectivity index (χ2v) is 8.28. The SMILES string of the molecule is Cc1cnc2ccc(-c3nc(C(=O)CC[C@@H]4CCCN4C)c(N)nc3-c3ncco3)cn12. The minimum Gasteiger partial charge on any atom is -0.443 e. The molecule has 1 aliphatic rings. The van der Waals surface area contributed by atoms with Gasteiger partial charge >= 0.3 is 0 Å². The van der Waals surface area contributed by atoms with Gasteiger partial charge in [-0.2, -0.15) is 0 Å². The van der Waals surface area contributed by atoms with Gasteiger partial charge in [0.05, 0.1) is 6.20 Å². The van der Waals surface area contributed by atoms with E-state index in [2.05, 4.69) is 26.9 Å². The van der Waals surface area contributed by atoms with E-state index in [-0.39, 0.29) is 17.3 Å². The van der Waals surface area contributed by atoms with E-state index in [9.17, 15) is 4.79 Å². The first-order valence-electron chi connectivity index (χ1n) is 10.8. The van der Waals surface area contributed by atoms with Crippen LogP contribution in [0.1, 0.15) is 41.9 Å². The minimum absolute atomic E-state index is 0.0895. The Morgan fingerprint density at radius 2 is 2.12 bits per heavy atom. The van der Waals surface area contributed by atoms with E-state index in [4.69, 9.17) is 15.1 Å². The first-order chi connectivity index (χ1) is 15.5. The van der Waals surface area contributed by atoms with Crippen LogP contribution in [-0.2, 0) is 0 Å². The molecule has 0 saturated carbocycles. The van der Waals surface area contributed by atoms with Gasteiger partial charge in [0.2, 0.25) is 5.89 Å². The topological polar surface area (TPSA) is 115 Å². The second-order valence-electron chi connectivity index (χ2n) is 8.28. The fourth-order valence-electron chi connectivity index (χ4n) is 4.35. The van der Waals surface area contributed by atoms with Crippen LogP contribution in [0.3, 0.4) is 0 Å². The molecule has 1 fully saturated rings. The summed E-state index contributed by atoms with van der Waals surface area (Å²) in [4.78, 5) is 33.2. The second kappa shape index (κ2) is 8.16. The number of pyridine rings is 1. The van der Waals surface area contributed by atoms with Crippen molar-refractivity contribution in [2.45, 2.75) is 38.6 Å². The molecule has 4 aromatic heterocycles. The van der Waals surface area contributed by atoms with Crippen molar-refractivity contribution in [3.63, 3.8) is 0 Å². The van der Waals surface area contributed by atoms with Crippen molar-refractivity contribution in [3.8, 4) is 22.8 Å². The monoisotopic (exact) mass is 431 g/mol. The van der Waals surface area contributed by atoms with Gasteiger partial charge in [-0.15, -0.1) is 0 Å². The summed E-state index contributed by atoms with van der Waals surface area (Å²) in [7, 11) is 2.10. The lowest BCUT2D eigenvalue weighted by molar-refractivity contribution is 0.0966. The number of carbonyl (C=O) groups excluding carboxylic acids is 1. The number of anilines is 1. The zero-order valence-electron chi connectivity index (χ0n) is 18.2. The molecule has 0 bridgehead atoms. The van der Waals surface area contributed by atoms with Crippen LogP contribution in [0.4, 0.5) is 5.82 Å². The number of nitrogens with zero attached hydrogens (tertiary/aromatic N) is 6. The van der Waals surface area contributed by atoms with E-state index in [0.29, 0.717) is 29.7 Å². The van der Waals surface area contributed by atoms with E-state index in [1.54, 1.807) is 6.20 Å². The number of Topliss-reactive ketones (excluding diaryl/α,β-unsaturated/α-hetero) is 1. The highest BCUT2D eigenvalue weighted by Crippen LogP contribution is 2.31. The van der Waals surface area contributed by atoms with Crippen molar-refractivity contribution in [1.29, 1.82) is 0 Å². The van der Waals surface area contributed by atoms with Gasteiger partial charge < -0.3 is 19.5 Å². The molecular weight excluding hydrogens is 406 g/mol. The molecule has 32 heavy (non-hydrogen) atoms. The van der Waals surface area contributed by atoms with Crippen LogP contribution >= 0.6 is 0 Å². The molecule has 1 aliphatic heterocycles. The molecule has 0 radical (unpaired) electrons. The van der Waals surface area contributed by atoms with E-state index in [0.717, 1.165) is 36.3 Å². The van der Waals surface area contributed by atoms with Gasteiger partial charge in [0.25, 0.3) is 0 Å². The molecule has 1 saturated heterocycles. The summed E-state index contributed by atoms with van der Waals surface area (Å²) < 4.78 is 7.44. The smallest absolute Gasteiger partial charge is 0.247 e. The van der Waals surface area contributed by atoms with Crippen molar-refractivity contribution in [3.05, 3.63) is 48.4 Å². The molecule has 0 spiro atoms. The fraction of sp³-hybridized carbons (Fsp3) is 0.348. The number of rotatable bonds is 6. The highest BCUT2D eigenvalue weighted by atomic mass is 16.3. The standard InChI is InChI=1S/C23H25N7O2/c1-14-12-26-18-8-5-15(13-30(14)18)19-21(23-25-9-11-32-23)28-22(24)20(27-19)17(31)7-6-16-4-3-10-29(16)2/h5,8-9,11-13,16H,3-4,6-7,10H2,1-2H3,(H2,24,28)/t16-/m0/s1. The molecule has 164 valence electrons. The number of hydrogen-bond donors (Lipinski definition) is 1. The summed E-state index contributed by atoms with van der Waals surface area (Å²) in [6.45, 7) is 3.05. The Labute approximate surface area is 185 Å². The molecule has 5 heterocycles. The summed E-state index contributed by atoms with van der Waals surface area (Å²) in [5, 5.41) is 0. The number of aromatic nitrogens is 5. The Bertz CT molecular complexity index is 1280. The average Bonchev–Trinajstić information content (AvgIpc) is 3.54. The molecule has 0 unspecified atom stereocenters. The Kier molecular flexibility index (Phi) is 5.18. The van der Waals surface area contributed by atoms with Crippen LogP contribution in [-0.4, -0.2) is 54.7 Å². The maximum atomic E-state index is 13.1. The van der Waals surface area contributed by atoms with Gasteiger partial charge in [-0.25, -0.2) is 19.9 Å². The number of nitrogen functional groups attached to an aromatic ring is 1. The molecule has 0 aromatic carbocycles. The van der Waals surface area contributed by atoms with Crippen LogP contribution in [0.5, 0.6) is 0 Å². The predicted molar refractivity (Wildman–Crippen MR) is 120 cm³/mol. The number of nitrogens with two attached hydrogens (primary N) is 1. The minimum atomic E-state index is -0.101. The molecule has 0 aliphatic carbocycles. The van der Waals surface area contributed by atoms with Gasteiger partial charge in [-0.05, 0) is 51.9 Å². The third-order valence-electron chi connectivity index (χ3n) is 6.16. The number of likely N-dealkylation sites (tertiary alicyclic amines) is 1. The first-order valence-corrected chi connectivity index (χ1v) is 10.8. The lowest BCUT2D eigenvalue weighted by Crippen LogP contribution is -2.25. The van der Waals surface area contributed by atoms with Crippen molar-refractivity contribution >= 4 is 17.2 Å². The van der Waals surface area contributed by atoms with Crippen molar-refractivity contribution in [1.82, 2.24) is 29.2 Å². The number of carbonyl (C=O) groups is 1. The third-order valence-corrected chi connectivity index (χ3v) is 6.16. The van der Waals surface area contributed by atoms with E-state index in [1.807, 2.05) is 29.7 Å². The Morgan fingerprint density at radius 3 is 2.88 bits per heavy atom. The lowest BCUT2D eigenvalue weighted by Gasteiger charge is -2.18. The first kappa shape index (κ1) is 20.3.